The summed E-state index contributed by atoms with van der Waals surface area (Å²) in [6.45, 7) is 1.38. The molecule has 0 aliphatic carbocycles. The highest BCUT2D eigenvalue weighted by Gasteiger charge is 1.87. The molecule has 0 atom stereocenters. The van der Waals surface area contributed by atoms with Gasteiger partial charge in [-0.2, -0.15) is 0 Å². The predicted molar refractivity (Wildman–Crippen MR) is 39.5 cm³/mol. The molecule has 0 aromatic heterocycles. The minimum Gasteiger partial charge on any atom is -0.359 e. The molecule has 0 aliphatic rings. The van der Waals surface area contributed by atoms with Gasteiger partial charge in [-0.3, -0.25) is 4.99 Å². The molecule has 0 aromatic rings. The van der Waals surface area contributed by atoms with E-state index in [0.717, 1.165) is 12.5 Å². The molecular weight excluding hydrogens is 116 g/mol. The minimum atomic E-state index is 0.626. The fraction of sp³-hybridized carbons (Fsp3) is 0.800. The van der Waals surface area contributed by atoms with E-state index in [4.69, 9.17) is 5.73 Å². The fourth-order valence-corrected chi connectivity index (χ4v) is 0.470. The van der Waals surface area contributed by atoms with Gasteiger partial charge in [-0.05, 0) is 0 Å². The van der Waals surface area contributed by atoms with Gasteiger partial charge >= 0.3 is 0 Å². The van der Waals surface area contributed by atoms with Gasteiger partial charge in [0.2, 0.25) is 0 Å². The Balaban J connectivity index is 3.33. The topological polar surface area (TPSA) is 62.4 Å². The Morgan fingerprint density at radius 1 is 1.67 bits per heavy atom. The number of rotatable bonds is 2. The first-order chi connectivity index (χ1) is 4.35. The first-order valence-corrected chi connectivity index (χ1v) is 2.93. The Hall–Kier alpha value is -0.770. The molecule has 4 N–H and O–H groups in total. The van der Waals surface area contributed by atoms with Crippen molar-refractivity contribution in [3.8, 4) is 0 Å². The van der Waals surface area contributed by atoms with Crippen molar-refractivity contribution in [2.45, 2.75) is 0 Å². The van der Waals surface area contributed by atoms with E-state index in [1.54, 1.807) is 7.05 Å². The Morgan fingerprint density at radius 3 is 2.67 bits per heavy atom. The van der Waals surface area contributed by atoms with Crippen molar-refractivity contribution in [3.05, 3.63) is 0 Å². The predicted octanol–water partition coefficient (Wildman–Crippen LogP) is -1.26. The summed E-state index contributed by atoms with van der Waals surface area (Å²) in [6.07, 6.45) is 0. The Kier molecular flexibility index (Phi) is 4.91. The maximum atomic E-state index is 5.24. The molecule has 0 spiro atoms. The van der Waals surface area contributed by atoms with Gasteiger partial charge in [0, 0.05) is 27.2 Å². The van der Waals surface area contributed by atoms with E-state index in [9.17, 15) is 0 Å². The highest BCUT2D eigenvalue weighted by molar-refractivity contribution is 5.79. The molecule has 9 heavy (non-hydrogen) atoms. The summed E-state index contributed by atoms with van der Waals surface area (Å²) >= 11 is 0. The molecule has 4 heteroatoms. The maximum Gasteiger partial charge on any atom is 0.190 e. The Bertz CT molecular complexity index is 89.0. The number of nitrogens with one attached hydrogen (secondary N) is 2. The van der Waals surface area contributed by atoms with Crippen LogP contribution in [0.25, 0.3) is 0 Å². The van der Waals surface area contributed by atoms with E-state index in [1.165, 1.54) is 0 Å². The summed E-state index contributed by atoms with van der Waals surface area (Å²) in [5, 5.41) is 5.85. The molecule has 4 nitrogen and oxygen atoms in total. The van der Waals surface area contributed by atoms with E-state index < -0.39 is 0 Å². The van der Waals surface area contributed by atoms with Crippen molar-refractivity contribution < 1.29 is 0 Å². The lowest BCUT2D eigenvalue weighted by molar-refractivity contribution is 0.843. The van der Waals surface area contributed by atoms with Crippen LogP contribution < -0.4 is 16.4 Å². The van der Waals surface area contributed by atoms with E-state index >= 15 is 0 Å². The number of nitrogens with two attached hydrogens (primary N) is 1. The zero-order chi connectivity index (χ0) is 7.11. The quantitative estimate of drug-likeness (QED) is 0.323. The maximum absolute atomic E-state index is 5.24. The van der Waals surface area contributed by atoms with Crippen LogP contribution in [0.5, 0.6) is 0 Å². The van der Waals surface area contributed by atoms with Crippen molar-refractivity contribution in [1.82, 2.24) is 10.6 Å². The molecule has 0 amide bonds. The van der Waals surface area contributed by atoms with Gasteiger partial charge in [-0.1, -0.05) is 0 Å². The second-order valence-corrected chi connectivity index (χ2v) is 1.54. The lowest BCUT2D eigenvalue weighted by Gasteiger charge is -2.05. The van der Waals surface area contributed by atoms with E-state index in [0.29, 0.717) is 6.54 Å². The third-order valence-electron chi connectivity index (χ3n) is 0.897. The average Bonchev–Trinajstić information content (AvgIpc) is 1.91. The third-order valence-corrected chi connectivity index (χ3v) is 0.897. The van der Waals surface area contributed by atoms with Gasteiger partial charge in [-0.15, -0.1) is 0 Å². The smallest absolute Gasteiger partial charge is 0.190 e. The zero-order valence-corrected chi connectivity index (χ0v) is 5.94. The number of guanidine groups is 1. The molecule has 0 saturated heterocycles. The second-order valence-electron chi connectivity index (χ2n) is 1.54. The molecule has 0 rings (SSSR count). The van der Waals surface area contributed by atoms with Gasteiger partial charge in [0.05, 0.1) is 0 Å². The summed E-state index contributed by atoms with van der Waals surface area (Å²) in [5.41, 5.74) is 5.24. The van der Waals surface area contributed by atoms with Crippen LogP contribution in [0.3, 0.4) is 0 Å². The van der Waals surface area contributed by atoms with Gasteiger partial charge in [0.15, 0.2) is 5.96 Å². The van der Waals surface area contributed by atoms with Crippen LogP contribution in [0, 0.1) is 0 Å². The molecule has 0 bridgehead atoms. The summed E-state index contributed by atoms with van der Waals surface area (Å²) in [6, 6.07) is 0. The number of nitrogens with zero attached hydrogens (tertiary/aromatic N) is 1. The summed E-state index contributed by atoms with van der Waals surface area (Å²) in [5.74, 6) is 0.778. The van der Waals surface area contributed by atoms with Crippen LogP contribution in [-0.4, -0.2) is 33.1 Å². The molecule has 0 heterocycles. The van der Waals surface area contributed by atoms with Crippen molar-refractivity contribution >= 4 is 5.96 Å². The standard InChI is InChI=1S/C5H14N4/c1-7-5(8-2)9-4-3-6/h3-4,6H2,1-2H3,(H2,7,8,9). The Morgan fingerprint density at radius 2 is 2.33 bits per heavy atom. The average molecular weight is 130 g/mol. The molecular formula is C5H14N4. The molecule has 0 aliphatic heterocycles. The normalized spacial score (nSPS) is 11.2. The minimum absolute atomic E-state index is 0.626. The second kappa shape index (κ2) is 5.37. The van der Waals surface area contributed by atoms with Crippen LogP contribution in [0.1, 0.15) is 0 Å². The number of hydrogen-bond donors (Lipinski definition) is 3. The summed E-state index contributed by atoms with van der Waals surface area (Å²) in [7, 11) is 3.53. The van der Waals surface area contributed by atoms with Crippen molar-refractivity contribution in [1.29, 1.82) is 0 Å². The van der Waals surface area contributed by atoms with Crippen LogP contribution in [0.15, 0.2) is 4.99 Å². The summed E-state index contributed by atoms with van der Waals surface area (Å²) in [4.78, 5) is 3.88. The number of aliphatic imine (C=N–C) groups is 1. The highest BCUT2D eigenvalue weighted by atomic mass is 15.1. The molecule has 0 saturated carbocycles. The molecule has 0 unspecified atom stereocenters. The molecule has 0 fully saturated rings. The first kappa shape index (κ1) is 8.23. The lowest BCUT2D eigenvalue weighted by atomic mass is 10.6. The summed E-state index contributed by atoms with van der Waals surface area (Å²) < 4.78 is 0. The first-order valence-electron chi connectivity index (χ1n) is 2.93. The monoisotopic (exact) mass is 130 g/mol. The van der Waals surface area contributed by atoms with Gasteiger partial charge < -0.3 is 16.4 Å². The van der Waals surface area contributed by atoms with Gasteiger partial charge in [0.25, 0.3) is 0 Å². The molecule has 0 radical (unpaired) electrons. The van der Waals surface area contributed by atoms with E-state index in [1.807, 2.05) is 7.05 Å². The van der Waals surface area contributed by atoms with E-state index in [2.05, 4.69) is 15.6 Å². The van der Waals surface area contributed by atoms with Crippen LogP contribution in [0.2, 0.25) is 0 Å². The molecule has 0 aromatic carbocycles. The van der Waals surface area contributed by atoms with Crippen molar-refractivity contribution in [2.75, 3.05) is 27.2 Å². The van der Waals surface area contributed by atoms with Crippen LogP contribution >= 0.6 is 0 Å². The molecule has 54 valence electrons. The van der Waals surface area contributed by atoms with Gasteiger partial charge in [-0.25, -0.2) is 0 Å². The zero-order valence-electron chi connectivity index (χ0n) is 5.94. The van der Waals surface area contributed by atoms with E-state index in [-0.39, 0.29) is 0 Å². The largest absolute Gasteiger partial charge is 0.359 e. The van der Waals surface area contributed by atoms with Crippen LogP contribution in [-0.2, 0) is 0 Å². The van der Waals surface area contributed by atoms with Crippen molar-refractivity contribution in [2.24, 2.45) is 10.7 Å². The third kappa shape index (κ3) is 3.78. The Labute approximate surface area is 55.5 Å². The number of hydrogen-bond acceptors (Lipinski definition) is 2. The SMILES string of the molecule is CN=C(NC)NCCN. The fourth-order valence-electron chi connectivity index (χ4n) is 0.470. The van der Waals surface area contributed by atoms with Gasteiger partial charge in [0.1, 0.15) is 0 Å². The van der Waals surface area contributed by atoms with Crippen LogP contribution in [0.4, 0.5) is 0 Å². The van der Waals surface area contributed by atoms with Crippen molar-refractivity contribution in [3.63, 3.8) is 0 Å². The highest BCUT2D eigenvalue weighted by Crippen LogP contribution is 1.60. The lowest BCUT2D eigenvalue weighted by Crippen LogP contribution is -2.37.